The van der Waals surface area contributed by atoms with Crippen molar-refractivity contribution in [2.75, 3.05) is 11.1 Å². The highest BCUT2D eigenvalue weighted by molar-refractivity contribution is 9.10. The van der Waals surface area contributed by atoms with Gasteiger partial charge in [0.25, 0.3) is 5.91 Å². The first-order valence-electron chi connectivity index (χ1n) is 5.46. The van der Waals surface area contributed by atoms with E-state index in [0.29, 0.717) is 21.4 Å². The summed E-state index contributed by atoms with van der Waals surface area (Å²) in [6, 6.07) is 6.78. The van der Waals surface area contributed by atoms with Gasteiger partial charge < -0.3 is 11.1 Å². The lowest BCUT2D eigenvalue weighted by Crippen LogP contribution is -2.13. The van der Waals surface area contributed by atoms with E-state index >= 15 is 0 Å². The average molecular weight is 341 g/mol. The molecule has 0 saturated heterocycles. The van der Waals surface area contributed by atoms with Crippen molar-refractivity contribution in [2.24, 2.45) is 0 Å². The molecule has 1 amide bonds. The monoisotopic (exact) mass is 339 g/mol. The molecule has 0 aliphatic rings. The summed E-state index contributed by atoms with van der Waals surface area (Å²) in [6.45, 7) is 1.87. The van der Waals surface area contributed by atoms with Crippen molar-refractivity contribution in [3.63, 3.8) is 0 Å². The lowest BCUT2D eigenvalue weighted by molar-refractivity contribution is 0.102. The van der Waals surface area contributed by atoms with Gasteiger partial charge in [-0.05, 0) is 52.7 Å². The molecule has 4 nitrogen and oxygen atoms in total. The number of carbonyl (C=O) groups is 1. The van der Waals surface area contributed by atoms with Crippen LogP contribution in [-0.4, -0.2) is 10.9 Å². The number of aromatic nitrogens is 1. The minimum Gasteiger partial charge on any atom is -0.399 e. The molecule has 6 heteroatoms. The standard InChI is InChI=1S/C13H11BrClN3O/c1-7-4-11(12(15)17-6-7)18-13(19)9-5-8(16)2-3-10(9)14/h2-6H,16H2,1H3,(H,18,19). The number of aryl methyl sites for hydroxylation is 1. The van der Waals surface area contributed by atoms with Gasteiger partial charge in [-0.3, -0.25) is 4.79 Å². The highest BCUT2D eigenvalue weighted by Crippen LogP contribution is 2.24. The molecule has 19 heavy (non-hydrogen) atoms. The number of nitrogens with one attached hydrogen (secondary N) is 1. The van der Waals surface area contributed by atoms with Crippen LogP contribution in [0, 0.1) is 6.92 Å². The molecule has 2 aromatic rings. The number of amides is 1. The predicted octanol–water partition coefficient (Wildman–Crippen LogP) is 3.64. The maximum atomic E-state index is 12.2. The van der Waals surface area contributed by atoms with Gasteiger partial charge in [0.2, 0.25) is 0 Å². The summed E-state index contributed by atoms with van der Waals surface area (Å²) < 4.78 is 0.663. The van der Waals surface area contributed by atoms with Crippen molar-refractivity contribution >= 4 is 44.8 Å². The number of anilines is 2. The summed E-state index contributed by atoms with van der Waals surface area (Å²) in [5.74, 6) is -0.298. The number of rotatable bonds is 2. The van der Waals surface area contributed by atoms with Crippen LogP contribution in [0.25, 0.3) is 0 Å². The number of halogens is 2. The second kappa shape index (κ2) is 5.59. The molecule has 1 aromatic heterocycles. The molecule has 0 radical (unpaired) electrons. The largest absolute Gasteiger partial charge is 0.399 e. The molecule has 0 atom stereocenters. The summed E-state index contributed by atoms with van der Waals surface area (Å²) in [4.78, 5) is 16.1. The number of hydrogen-bond donors (Lipinski definition) is 2. The van der Waals surface area contributed by atoms with E-state index in [9.17, 15) is 4.79 Å². The Labute approximate surface area is 124 Å². The van der Waals surface area contributed by atoms with Crippen molar-refractivity contribution in [1.82, 2.24) is 4.98 Å². The lowest BCUT2D eigenvalue weighted by atomic mass is 10.2. The third-order valence-electron chi connectivity index (χ3n) is 2.46. The van der Waals surface area contributed by atoms with Gasteiger partial charge in [0.05, 0.1) is 11.3 Å². The van der Waals surface area contributed by atoms with E-state index in [4.69, 9.17) is 17.3 Å². The molecular weight excluding hydrogens is 330 g/mol. The van der Waals surface area contributed by atoms with Crippen LogP contribution in [0.1, 0.15) is 15.9 Å². The van der Waals surface area contributed by atoms with E-state index < -0.39 is 0 Å². The van der Waals surface area contributed by atoms with E-state index in [1.54, 1.807) is 30.5 Å². The fraction of sp³-hybridized carbons (Fsp3) is 0.0769. The predicted molar refractivity (Wildman–Crippen MR) is 80.5 cm³/mol. The Hall–Kier alpha value is -1.59. The number of nitrogens with zero attached hydrogens (tertiary/aromatic N) is 1. The van der Waals surface area contributed by atoms with Crippen LogP contribution >= 0.6 is 27.5 Å². The molecule has 1 heterocycles. The Kier molecular flexibility index (Phi) is 4.07. The van der Waals surface area contributed by atoms with Crippen LogP contribution in [-0.2, 0) is 0 Å². The average Bonchev–Trinajstić information content (AvgIpc) is 2.36. The van der Waals surface area contributed by atoms with Gasteiger partial charge in [-0.25, -0.2) is 4.98 Å². The number of benzene rings is 1. The van der Waals surface area contributed by atoms with Crippen LogP contribution in [0.5, 0.6) is 0 Å². The van der Waals surface area contributed by atoms with Crippen LogP contribution in [0.3, 0.4) is 0 Å². The smallest absolute Gasteiger partial charge is 0.256 e. The van der Waals surface area contributed by atoms with Gasteiger partial charge in [0, 0.05) is 16.4 Å². The van der Waals surface area contributed by atoms with E-state index in [1.165, 1.54) is 0 Å². The van der Waals surface area contributed by atoms with Gasteiger partial charge in [-0.1, -0.05) is 11.6 Å². The number of nitrogens with two attached hydrogens (primary N) is 1. The lowest BCUT2D eigenvalue weighted by Gasteiger charge is -2.09. The van der Waals surface area contributed by atoms with Crippen molar-refractivity contribution in [2.45, 2.75) is 6.92 Å². The van der Waals surface area contributed by atoms with Crippen LogP contribution in [0.2, 0.25) is 5.15 Å². The molecule has 0 spiro atoms. The van der Waals surface area contributed by atoms with Crippen LogP contribution in [0.15, 0.2) is 34.9 Å². The van der Waals surface area contributed by atoms with Crippen molar-refractivity contribution in [1.29, 1.82) is 0 Å². The van der Waals surface area contributed by atoms with E-state index in [1.807, 2.05) is 6.92 Å². The van der Waals surface area contributed by atoms with Crippen LogP contribution < -0.4 is 11.1 Å². The highest BCUT2D eigenvalue weighted by atomic mass is 79.9. The van der Waals surface area contributed by atoms with Crippen LogP contribution in [0.4, 0.5) is 11.4 Å². The number of pyridine rings is 1. The molecule has 0 aliphatic heterocycles. The quantitative estimate of drug-likeness (QED) is 0.648. The van der Waals surface area contributed by atoms with Crippen molar-refractivity contribution < 1.29 is 4.79 Å². The van der Waals surface area contributed by atoms with E-state index in [-0.39, 0.29) is 11.1 Å². The Bertz CT molecular complexity index is 646. The maximum absolute atomic E-state index is 12.2. The van der Waals surface area contributed by atoms with Gasteiger partial charge in [-0.2, -0.15) is 0 Å². The first-order chi connectivity index (χ1) is 8.97. The zero-order valence-corrected chi connectivity index (χ0v) is 12.4. The number of carbonyl (C=O) groups excluding carboxylic acids is 1. The van der Waals surface area contributed by atoms with E-state index in [2.05, 4.69) is 26.2 Å². The Morgan fingerprint density at radius 3 is 2.89 bits per heavy atom. The zero-order valence-electron chi connectivity index (χ0n) is 10.1. The molecule has 0 unspecified atom stereocenters. The Morgan fingerprint density at radius 2 is 2.16 bits per heavy atom. The molecule has 0 fully saturated rings. The van der Waals surface area contributed by atoms with Gasteiger partial charge in [0.1, 0.15) is 0 Å². The third kappa shape index (κ3) is 3.24. The first-order valence-corrected chi connectivity index (χ1v) is 6.63. The molecular formula is C13H11BrClN3O. The Balaban J connectivity index is 2.30. The second-order valence-corrected chi connectivity index (χ2v) is 5.26. The molecule has 98 valence electrons. The Morgan fingerprint density at radius 1 is 1.42 bits per heavy atom. The summed E-state index contributed by atoms with van der Waals surface area (Å²) in [5, 5.41) is 2.97. The molecule has 0 bridgehead atoms. The highest BCUT2D eigenvalue weighted by Gasteiger charge is 2.12. The number of hydrogen-bond acceptors (Lipinski definition) is 3. The SMILES string of the molecule is Cc1cnc(Cl)c(NC(=O)c2cc(N)ccc2Br)c1. The normalized spacial score (nSPS) is 10.3. The summed E-state index contributed by atoms with van der Waals surface area (Å²) >= 11 is 9.25. The van der Waals surface area contributed by atoms with Gasteiger partial charge in [-0.15, -0.1) is 0 Å². The second-order valence-electron chi connectivity index (χ2n) is 4.04. The molecule has 1 aromatic carbocycles. The van der Waals surface area contributed by atoms with Crippen molar-refractivity contribution in [3.8, 4) is 0 Å². The fourth-order valence-electron chi connectivity index (χ4n) is 1.55. The summed E-state index contributed by atoms with van der Waals surface area (Å²) in [5.41, 5.74) is 8.01. The summed E-state index contributed by atoms with van der Waals surface area (Å²) in [7, 11) is 0. The van der Waals surface area contributed by atoms with Gasteiger partial charge >= 0.3 is 0 Å². The van der Waals surface area contributed by atoms with Crippen molar-refractivity contribution in [3.05, 3.63) is 51.2 Å². The third-order valence-corrected chi connectivity index (χ3v) is 3.45. The molecule has 0 aliphatic carbocycles. The minimum atomic E-state index is -0.298. The first kappa shape index (κ1) is 13.8. The fourth-order valence-corrected chi connectivity index (χ4v) is 2.12. The molecule has 3 N–H and O–H groups in total. The topological polar surface area (TPSA) is 68.0 Å². The van der Waals surface area contributed by atoms with E-state index in [0.717, 1.165) is 5.56 Å². The number of nitrogen functional groups attached to an aromatic ring is 1. The summed E-state index contributed by atoms with van der Waals surface area (Å²) in [6.07, 6.45) is 1.63. The molecule has 2 rings (SSSR count). The van der Waals surface area contributed by atoms with Gasteiger partial charge in [0.15, 0.2) is 5.15 Å². The zero-order chi connectivity index (χ0) is 14.0. The molecule has 0 saturated carbocycles. The minimum absolute atomic E-state index is 0.249. The maximum Gasteiger partial charge on any atom is 0.256 e.